The van der Waals surface area contributed by atoms with Crippen molar-refractivity contribution >= 4 is 15.9 Å². The highest BCUT2D eigenvalue weighted by atomic mass is 79.9. The molecule has 0 atom stereocenters. The fraction of sp³-hybridized carbons (Fsp3) is 0.438. The number of aryl methyl sites for hydroxylation is 1. The second-order valence-corrected chi connectivity index (χ2v) is 6.59. The first-order valence-electron chi connectivity index (χ1n) is 7.10. The summed E-state index contributed by atoms with van der Waals surface area (Å²) in [5.74, 6) is 0.718. The van der Waals surface area contributed by atoms with Crippen LogP contribution >= 0.6 is 15.9 Å². The molecule has 4 heteroatoms. The van der Waals surface area contributed by atoms with Crippen molar-refractivity contribution in [3.05, 3.63) is 51.8 Å². The maximum Gasteiger partial charge on any atom is 0.0537 e. The first-order valence-corrected chi connectivity index (χ1v) is 7.89. The summed E-state index contributed by atoms with van der Waals surface area (Å²) in [7, 11) is 1.99. The van der Waals surface area contributed by atoms with Crippen LogP contribution in [0.2, 0.25) is 0 Å². The zero-order valence-corrected chi connectivity index (χ0v) is 13.5. The van der Waals surface area contributed by atoms with E-state index >= 15 is 0 Å². The van der Waals surface area contributed by atoms with Crippen LogP contribution in [0.25, 0.3) is 0 Å². The molecule has 1 aliphatic carbocycles. The molecule has 1 heterocycles. The van der Waals surface area contributed by atoms with Crippen LogP contribution in [0.3, 0.4) is 0 Å². The summed E-state index contributed by atoms with van der Waals surface area (Å²) in [6.07, 6.45) is 4.44. The van der Waals surface area contributed by atoms with E-state index in [4.69, 9.17) is 0 Å². The Hall–Kier alpha value is -1.13. The van der Waals surface area contributed by atoms with Crippen molar-refractivity contribution in [1.29, 1.82) is 0 Å². The van der Waals surface area contributed by atoms with Gasteiger partial charge in [-0.15, -0.1) is 0 Å². The molecular formula is C16H20BrN3. The monoisotopic (exact) mass is 333 g/mol. The number of benzene rings is 1. The van der Waals surface area contributed by atoms with E-state index in [1.165, 1.54) is 29.7 Å². The maximum atomic E-state index is 4.28. The van der Waals surface area contributed by atoms with Crippen LogP contribution in [-0.4, -0.2) is 15.8 Å². The molecule has 20 heavy (non-hydrogen) atoms. The number of halogens is 1. The fourth-order valence-corrected chi connectivity index (χ4v) is 3.03. The van der Waals surface area contributed by atoms with Crippen molar-refractivity contribution in [3.8, 4) is 0 Å². The minimum atomic E-state index is 0.642. The topological polar surface area (TPSA) is 29.9 Å². The van der Waals surface area contributed by atoms with Gasteiger partial charge in [0.2, 0.25) is 0 Å². The van der Waals surface area contributed by atoms with E-state index in [1.54, 1.807) is 0 Å². The molecular weight excluding hydrogens is 314 g/mol. The lowest BCUT2D eigenvalue weighted by Gasteiger charge is -2.36. The molecule has 1 N–H and O–H groups in total. The lowest BCUT2D eigenvalue weighted by atomic mass is 9.76. The van der Waals surface area contributed by atoms with Gasteiger partial charge in [0, 0.05) is 35.4 Å². The van der Waals surface area contributed by atoms with Gasteiger partial charge in [-0.2, -0.15) is 5.10 Å². The minimum absolute atomic E-state index is 0.642. The van der Waals surface area contributed by atoms with Gasteiger partial charge in [0.1, 0.15) is 0 Å². The number of nitrogens with zero attached hydrogens (tertiary/aromatic N) is 2. The minimum Gasteiger partial charge on any atom is -0.310 e. The third kappa shape index (κ3) is 2.81. The van der Waals surface area contributed by atoms with E-state index in [0.717, 1.165) is 16.9 Å². The van der Waals surface area contributed by atoms with Crippen molar-refractivity contribution in [2.45, 2.75) is 38.3 Å². The predicted octanol–water partition coefficient (Wildman–Crippen LogP) is 3.53. The van der Waals surface area contributed by atoms with Gasteiger partial charge in [-0.25, -0.2) is 0 Å². The average Bonchev–Trinajstić information content (AvgIpc) is 2.71. The highest BCUT2D eigenvalue weighted by molar-refractivity contribution is 9.10. The molecule has 2 aromatic rings. The number of hydrogen-bond acceptors (Lipinski definition) is 2. The Morgan fingerprint density at radius 3 is 2.60 bits per heavy atom. The molecule has 1 aliphatic rings. The molecule has 3 rings (SSSR count). The van der Waals surface area contributed by atoms with Crippen LogP contribution in [0.5, 0.6) is 0 Å². The number of nitrogens with one attached hydrogen (secondary N) is 1. The first-order chi connectivity index (χ1) is 9.63. The fourth-order valence-electron chi connectivity index (χ4n) is 2.76. The summed E-state index contributed by atoms with van der Waals surface area (Å²) in [5.41, 5.74) is 4.02. The Morgan fingerprint density at radius 1 is 1.30 bits per heavy atom. The predicted molar refractivity (Wildman–Crippen MR) is 84.7 cm³/mol. The van der Waals surface area contributed by atoms with Crippen molar-refractivity contribution in [2.75, 3.05) is 0 Å². The highest BCUT2D eigenvalue weighted by Gasteiger charge is 2.29. The molecule has 1 saturated carbocycles. The SMILES string of the molecule is Cc1c(CNC2CC(c3ccc(Br)cc3)C2)cnn1C. The average molecular weight is 334 g/mol. The Kier molecular flexibility index (Phi) is 3.94. The van der Waals surface area contributed by atoms with E-state index in [0.29, 0.717) is 6.04 Å². The quantitative estimate of drug-likeness (QED) is 0.927. The van der Waals surface area contributed by atoms with Gasteiger partial charge < -0.3 is 5.32 Å². The third-order valence-electron chi connectivity index (χ3n) is 4.40. The van der Waals surface area contributed by atoms with Crippen LogP contribution in [0.15, 0.2) is 34.9 Å². The second kappa shape index (κ2) is 5.70. The Labute approximate surface area is 128 Å². The molecule has 106 valence electrons. The second-order valence-electron chi connectivity index (χ2n) is 5.68. The normalized spacial score (nSPS) is 21.8. The van der Waals surface area contributed by atoms with Crippen molar-refractivity contribution < 1.29 is 0 Å². The summed E-state index contributed by atoms with van der Waals surface area (Å²) in [4.78, 5) is 0. The van der Waals surface area contributed by atoms with Gasteiger partial charge in [-0.3, -0.25) is 4.68 Å². The largest absolute Gasteiger partial charge is 0.310 e. The number of hydrogen-bond donors (Lipinski definition) is 1. The molecule has 0 aliphatic heterocycles. The van der Waals surface area contributed by atoms with Crippen molar-refractivity contribution in [2.24, 2.45) is 7.05 Å². The summed E-state index contributed by atoms with van der Waals surface area (Å²) in [6.45, 7) is 3.05. The third-order valence-corrected chi connectivity index (χ3v) is 4.93. The summed E-state index contributed by atoms with van der Waals surface area (Å²) in [5, 5.41) is 7.92. The van der Waals surface area contributed by atoms with Crippen LogP contribution in [0.4, 0.5) is 0 Å². The molecule has 1 aromatic heterocycles. The van der Waals surface area contributed by atoms with Gasteiger partial charge in [-0.05, 0) is 43.4 Å². The van der Waals surface area contributed by atoms with Crippen molar-refractivity contribution in [3.63, 3.8) is 0 Å². The highest BCUT2D eigenvalue weighted by Crippen LogP contribution is 2.37. The number of rotatable bonds is 4. The molecule has 0 radical (unpaired) electrons. The van der Waals surface area contributed by atoms with Crippen LogP contribution in [-0.2, 0) is 13.6 Å². The molecule has 0 bridgehead atoms. The lowest BCUT2D eigenvalue weighted by molar-refractivity contribution is 0.289. The molecule has 3 nitrogen and oxygen atoms in total. The maximum absolute atomic E-state index is 4.28. The summed E-state index contributed by atoms with van der Waals surface area (Å²) >= 11 is 3.49. The van der Waals surface area contributed by atoms with Gasteiger partial charge in [-0.1, -0.05) is 28.1 Å². The van der Waals surface area contributed by atoms with Gasteiger partial charge in [0.05, 0.1) is 6.20 Å². The van der Waals surface area contributed by atoms with Crippen LogP contribution in [0, 0.1) is 6.92 Å². The van der Waals surface area contributed by atoms with Gasteiger partial charge in [0.15, 0.2) is 0 Å². The Morgan fingerprint density at radius 2 is 2.00 bits per heavy atom. The Bertz CT molecular complexity index is 582. The number of aromatic nitrogens is 2. The smallest absolute Gasteiger partial charge is 0.0537 e. The van der Waals surface area contributed by atoms with E-state index in [1.807, 2.05) is 17.9 Å². The van der Waals surface area contributed by atoms with Gasteiger partial charge >= 0.3 is 0 Å². The van der Waals surface area contributed by atoms with E-state index in [9.17, 15) is 0 Å². The first kappa shape index (κ1) is 13.8. The summed E-state index contributed by atoms with van der Waals surface area (Å²) < 4.78 is 3.09. The standard InChI is InChI=1S/C16H20BrN3/c1-11-14(10-19-20(11)2)9-18-16-7-13(8-16)12-3-5-15(17)6-4-12/h3-6,10,13,16,18H,7-9H2,1-2H3. The van der Waals surface area contributed by atoms with Gasteiger partial charge in [0.25, 0.3) is 0 Å². The van der Waals surface area contributed by atoms with Crippen LogP contribution in [0.1, 0.15) is 35.6 Å². The van der Waals surface area contributed by atoms with E-state index in [-0.39, 0.29) is 0 Å². The van der Waals surface area contributed by atoms with E-state index < -0.39 is 0 Å². The molecule has 0 spiro atoms. The lowest BCUT2D eigenvalue weighted by Crippen LogP contribution is -2.39. The van der Waals surface area contributed by atoms with Crippen molar-refractivity contribution in [1.82, 2.24) is 15.1 Å². The Balaban J connectivity index is 1.49. The van der Waals surface area contributed by atoms with Crippen LogP contribution < -0.4 is 5.32 Å². The zero-order chi connectivity index (χ0) is 14.1. The molecule has 0 unspecified atom stereocenters. The zero-order valence-electron chi connectivity index (χ0n) is 11.9. The molecule has 1 aromatic carbocycles. The summed E-state index contributed by atoms with van der Waals surface area (Å²) in [6, 6.07) is 9.37. The molecule has 1 fully saturated rings. The van der Waals surface area contributed by atoms with E-state index in [2.05, 4.69) is 57.5 Å². The molecule has 0 amide bonds. The molecule has 0 saturated heterocycles.